The van der Waals surface area contributed by atoms with Gasteiger partial charge in [0, 0.05) is 35.7 Å². The largest absolute Gasteiger partial charge is 0.321 e. The van der Waals surface area contributed by atoms with E-state index in [-0.39, 0.29) is 5.91 Å². The molecule has 0 saturated heterocycles. The molecule has 25 heavy (non-hydrogen) atoms. The Balaban J connectivity index is 1.56. The predicted molar refractivity (Wildman–Crippen MR) is 93.1 cm³/mol. The second-order valence-electron chi connectivity index (χ2n) is 5.46. The second kappa shape index (κ2) is 6.48. The van der Waals surface area contributed by atoms with E-state index in [4.69, 9.17) is 0 Å². The molecule has 0 aliphatic rings. The minimum absolute atomic E-state index is 0.186. The van der Waals surface area contributed by atoms with E-state index in [1.54, 1.807) is 53.7 Å². The number of carbonyl (C=O) groups is 1. The molecule has 1 N–H and O–H groups in total. The molecule has 0 fully saturated rings. The highest BCUT2D eigenvalue weighted by molar-refractivity contribution is 6.06. The summed E-state index contributed by atoms with van der Waals surface area (Å²) in [6.45, 7) is 0.479. The number of nitrogens with one attached hydrogen (secondary N) is 1. The summed E-state index contributed by atoms with van der Waals surface area (Å²) in [6, 6.07) is 10.7. The molecule has 7 nitrogen and oxygen atoms in total. The Kier molecular flexibility index (Phi) is 3.88. The van der Waals surface area contributed by atoms with Gasteiger partial charge in [-0.3, -0.25) is 14.5 Å². The average Bonchev–Trinajstić information content (AvgIpc) is 3.04. The molecule has 1 amide bonds. The zero-order valence-corrected chi connectivity index (χ0v) is 13.2. The maximum atomic E-state index is 12.4. The first-order chi connectivity index (χ1) is 12.3. The van der Waals surface area contributed by atoms with E-state index in [0.29, 0.717) is 23.6 Å². The Labute approximate surface area is 143 Å². The fourth-order valence-electron chi connectivity index (χ4n) is 2.50. The van der Waals surface area contributed by atoms with Crippen LogP contribution in [0.5, 0.6) is 0 Å². The van der Waals surface area contributed by atoms with E-state index in [1.807, 2.05) is 18.3 Å². The van der Waals surface area contributed by atoms with Crippen molar-refractivity contribution in [1.29, 1.82) is 0 Å². The summed E-state index contributed by atoms with van der Waals surface area (Å²) in [6.07, 6.45) is 8.55. The maximum Gasteiger partial charge on any atom is 0.255 e. The first-order valence-corrected chi connectivity index (χ1v) is 7.72. The number of rotatable bonds is 4. The number of amides is 1. The highest BCUT2D eigenvalue weighted by atomic mass is 16.1. The lowest BCUT2D eigenvalue weighted by molar-refractivity contribution is 0.102. The van der Waals surface area contributed by atoms with Crippen molar-refractivity contribution in [2.75, 3.05) is 5.32 Å². The SMILES string of the molecule is O=C(Nc1cccnc1)c1ccc2nn(Cc3ncccn3)cc2c1. The van der Waals surface area contributed by atoms with Gasteiger partial charge in [0.25, 0.3) is 5.91 Å². The van der Waals surface area contributed by atoms with Gasteiger partial charge in [-0.1, -0.05) is 0 Å². The fraction of sp³-hybridized carbons (Fsp3) is 0.0556. The molecule has 1 aromatic carbocycles. The minimum Gasteiger partial charge on any atom is -0.321 e. The lowest BCUT2D eigenvalue weighted by atomic mass is 10.1. The molecule has 4 rings (SSSR count). The molecule has 0 atom stereocenters. The summed E-state index contributed by atoms with van der Waals surface area (Å²) in [4.78, 5) is 24.7. The van der Waals surface area contributed by atoms with E-state index in [1.165, 1.54) is 0 Å². The molecule has 0 unspecified atom stereocenters. The molecular formula is C18H14N6O. The molecule has 0 bridgehead atoms. The van der Waals surface area contributed by atoms with Gasteiger partial charge in [0.2, 0.25) is 0 Å². The van der Waals surface area contributed by atoms with Crippen LogP contribution in [0.15, 0.2) is 67.4 Å². The first kappa shape index (κ1) is 14.9. The van der Waals surface area contributed by atoms with Crippen LogP contribution in [0.1, 0.15) is 16.2 Å². The van der Waals surface area contributed by atoms with Crippen molar-refractivity contribution in [3.05, 3.63) is 78.8 Å². The van der Waals surface area contributed by atoms with Gasteiger partial charge in [0.05, 0.1) is 17.4 Å². The monoisotopic (exact) mass is 330 g/mol. The van der Waals surface area contributed by atoms with Crippen molar-refractivity contribution in [1.82, 2.24) is 24.7 Å². The lowest BCUT2D eigenvalue weighted by Crippen LogP contribution is -2.11. The van der Waals surface area contributed by atoms with Gasteiger partial charge in [0.15, 0.2) is 0 Å². The zero-order valence-electron chi connectivity index (χ0n) is 13.2. The number of anilines is 1. The molecule has 3 aromatic heterocycles. The summed E-state index contributed by atoms with van der Waals surface area (Å²) in [7, 11) is 0. The number of hydrogen-bond acceptors (Lipinski definition) is 5. The molecule has 4 aromatic rings. The normalized spacial score (nSPS) is 10.7. The van der Waals surface area contributed by atoms with Crippen molar-refractivity contribution in [2.24, 2.45) is 0 Å². The number of fused-ring (bicyclic) bond motifs is 1. The van der Waals surface area contributed by atoms with Crippen molar-refractivity contribution < 1.29 is 4.79 Å². The van der Waals surface area contributed by atoms with Crippen molar-refractivity contribution in [2.45, 2.75) is 6.54 Å². The number of carbonyl (C=O) groups excluding carboxylic acids is 1. The van der Waals surface area contributed by atoms with Gasteiger partial charge >= 0.3 is 0 Å². The van der Waals surface area contributed by atoms with Crippen molar-refractivity contribution in [3.8, 4) is 0 Å². The van der Waals surface area contributed by atoms with Gasteiger partial charge in [0.1, 0.15) is 12.4 Å². The Hall–Kier alpha value is -3.61. The highest BCUT2D eigenvalue weighted by Gasteiger charge is 2.09. The minimum atomic E-state index is -0.186. The van der Waals surface area contributed by atoms with Crippen LogP contribution in [0.2, 0.25) is 0 Å². The van der Waals surface area contributed by atoms with E-state index in [0.717, 1.165) is 10.9 Å². The van der Waals surface area contributed by atoms with Crippen LogP contribution in [-0.4, -0.2) is 30.6 Å². The molecule has 0 radical (unpaired) electrons. The molecule has 7 heteroatoms. The van der Waals surface area contributed by atoms with E-state index < -0.39 is 0 Å². The van der Waals surface area contributed by atoms with Crippen LogP contribution in [0.25, 0.3) is 10.9 Å². The predicted octanol–water partition coefficient (Wildman–Crippen LogP) is 2.52. The maximum absolute atomic E-state index is 12.4. The summed E-state index contributed by atoms with van der Waals surface area (Å²) < 4.78 is 1.77. The van der Waals surface area contributed by atoms with Gasteiger partial charge in [-0.05, 0) is 36.4 Å². The van der Waals surface area contributed by atoms with Gasteiger partial charge in [-0.15, -0.1) is 0 Å². The van der Waals surface area contributed by atoms with Gasteiger partial charge in [-0.2, -0.15) is 5.10 Å². The Morgan fingerprint density at radius 1 is 1.08 bits per heavy atom. The third-order valence-corrected chi connectivity index (χ3v) is 3.66. The molecule has 0 aliphatic carbocycles. The van der Waals surface area contributed by atoms with Crippen LogP contribution in [-0.2, 0) is 6.54 Å². The Morgan fingerprint density at radius 3 is 2.76 bits per heavy atom. The Bertz CT molecular complexity index is 1010. The standard InChI is InChI=1S/C18H14N6O/c25-18(22-15-3-1-6-19-10-15)13-4-5-16-14(9-13)11-24(23-16)12-17-20-7-2-8-21-17/h1-11H,12H2,(H,22,25). The second-order valence-corrected chi connectivity index (χ2v) is 5.46. The smallest absolute Gasteiger partial charge is 0.255 e. The lowest BCUT2D eigenvalue weighted by Gasteiger charge is -2.04. The quantitative estimate of drug-likeness (QED) is 0.621. The zero-order chi connectivity index (χ0) is 17.1. The van der Waals surface area contributed by atoms with Crippen molar-refractivity contribution >= 4 is 22.5 Å². The number of pyridine rings is 1. The fourth-order valence-corrected chi connectivity index (χ4v) is 2.50. The first-order valence-electron chi connectivity index (χ1n) is 7.72. The van der Waals surface area contributed by atoms with E-state index >= 15 is 0 Å². The van der Waals surface area contributed by atoms with Crippen LogP contribution < -0.4 is 5.32 Å². The highest BCUT2D eigenvalue weighted by Crippen LogP contribution is 2.16. The average molecular weight is 330 g/mol. The van der Waals surface area contributed by atoms with Crippen LogP contribution in [0.3, 0.4) is 0 Å². The van der Waals surface area contributed by atoms with Crippen LogP contribution in [0, 0.1) is 0 Å². The molecule has 122 valence electrons. The molecular weight excluding hydrogens is 316 g/mol. The third-order valence-electron chi connectivity index (χ3n) is 3.66. The molecule has 3 heterocycles. The van der Waals surface area contributed by atoms with E-state index in [9.17, 15) is 4.79 Å². The van der Waals surface area contributed by atoms with Crippen LogP contribution in [0.4, 0.5) is 5.69 Å². The topological polar surface area (TPSA) is 85.6 Å². The summed E-state index contributed by atoms with van der Waals surface area (Å²) in [5, 5.41) is 8.19. The number of aromatic nitrogens is 5. The summed E-state index contributed by atoms with van der Waals surface area (Å²) >= 11 is 0. The van der Waals surface area contributed by atoms with E-state index in [2.05, 4.69) is 25.4 Å². The van der Waals surface area contributed by atoms with Gasteiger partial charge in [-0.25, -0.2) is 9.97 Å². The molecule has 0 aliphatic heterocycles. The Morgan fingerprint density at radius 2 is 1.96 bits per heavy atom. The number of nitrogens with zero attached hydrogens (tertiary/aromatic N) is 5. The van der Waals surface area contributed by atoms with Gasteiger partial charge < -0.3 is 5.32 Å². The molecule has 0 saturated carbocycles. The number of benzene rings is 1. The number of hydrogen-bond donors (Lipinski definition) is 1. The van der Waals surface area contributed by atoms with Crippen LogP contribution >= 0.6 is 0 Å². The third kappa shape index (κ3) is 3.35. The summed E-state index contributed by atoms with van der Waals surface area (Å²) in [5.74, 6) is 0.499. The van der Waals surface area contributed by atoms with Crippen molar-refractivity contribution in [3.63, 3.8) is 0 Å². The molecule has 0 spiro atoms. The summed E-state index contributed by atoms with van der Waals surface area (Å²) in [5.41, 5.74) is 2.03.